The molecule has 0 bridgehead atoms. The molecule has 1 aliphatic rings. The largest absolute Gasteiger partial charge is 0.455 e. The van der Waals surface area contributed by atoms with Crippen molar-refractivity contribution in [2.24, 2.45) is 5.73 Å². The molecule has 2 rings (SSSR count). The molecule has 3 N–H and O–H groups in total. The van der Waals surface area contributed by atoms with E-state index in [0.717, 1.165) is 5.76 Å². The fourth-order valence-corrected chi connectivity index (χ4v) is 2.16. The van der Waals surface area contributed by atoms with Crippen LogP contribution in [0.4, 0.5) is 0 Å². The molecule has 1 aliphatic carbocycles. The summed E-state index contributed by atoms with van der Waals surface area (Å²) in [6.07, 6.45) is 6.45. The van der Waals surface area contributed by atoms with Gasteiger partial charge >= 0.3 is 0 Å². The Hall–Kier alpha value is -1.00. The molecule has 0 radical (unpaired) electrons. The number of nitrogens with two attached hydrogens (primary N) is 1. The number of hydrogen-bond acceptors (Lipinski definition) is 3. The van der Waals surface area contributed by atoms with Crippen LogP contribution in [0.5, 0.6) is 0 Å². The van der Waals surface area contributed by atoms with Gasteiger partial charge in [0.05, 0.1) is 6.54 Å². The maximum absolute atomic E-state index is 10.8. The Morgan fingerprint density at radius 2 is 2.06 bits per heavy atom. The molecule has 1 heterocycles. The lowest BCUT2D eigenvalue weighted by molar-refractivity contribution is 0.0972. The van der Waals surface area contributed by atoms with Crippen LogP contribution in [0, 0.1) is 0 Å². The zero-order valence-electron chi connectivity index (χ0n) is 9.78. The van der Waals surface area contributed by atoms with E-state index in [1.807, 2.05) is 0 Å². The van der Waals surface area contributed by atoms with Gasteiger partial charge in [0, 0.05) is 6.04 Å². The van der Waals surface area contributed by atoms with Gasteiger partial charge in [-0.15, -0.1) is 12.4 Å². The van der Waals surface area contributed by atoms with Crippen LogP contribution in [0.2, 0.25) is 0 Å². The van der Waals surface area contributed by atoms with Crippen molar-refractivity contribution in [1.82, 2.24) is 5.32 Å². The third-order valence-corrected chi connectivity index (χ3v) is 3.07. The molecule has 1 aromatic rings. The lowest BCUT2D eigenvalue weighted by Gasteiger charge is -2.22. The molecular weight excluding hydrogens is 240 g/mol. The Balaban J connectivity index is 0.00000144. The van der Waals surface area contributed by atoms with E-state index in [-0.39, 0.29) is 18.2 Å². The number of carbonyl (C=O) groups is 1. The van der Waals surface area contributed by atoms with E-state index in [1.54, 1.807) is 12.1 Å². The fourth-order valence-electron chi connectivity index (χ4n) is 2.16. The lowest BCUT2D eigenvalue weighted by atomic mass is 9.95. The zero-order valence-corrected chi connectivity index (χ0v) is 10.6. The van der Waals surface area contributed by atoms with Gasteiger partial charge in [0.2, 0.25) is 0 Å². The molecule has 17 heavy (non-hydrogen) atoms. The summed E-state index contributed by atoms with van der Waals surface area (Å²) in [5.41, 5.74) is 5.11. The first-order valence-corrected chi connectivity index (χ1v) is 5.87. The normalized spacial score (nSPS) is 16.5. The number of amides is 1. The molecule has 1 amide bonds. The first-order chi connectivity index (χ1) is 7.75. The molecule has 0 atom stereocenters. The van der Waals surface area contributed by atoms with Crippen LogP contribution < -0.4 is 11.1 Å². The average molecular weight is 259 g/mol. The fraction of sp³-hybridized carbons (Fsp3) is 0.583. The van der Waals surface area contributed by atoms with Crippen molar-refractivity contribution in [2.75, 3.05) is 0 Å². The van der Waals surface area contributed by atoms with E-state index in [2.05, 4.69) is 5.32 Å². The summed E-state index contributed by atoms with van der Waals surface area (Å²) in [5.74, 6) is 0.503. The minimum Gasteiger partial charge on any atom is -0.455 e. The Labute approximate surface area is 107 Å². The SMILES string of the molecule is Cl.NC(=O)c1ccc(CNC2CCCCC2)o1. The van der Waals surface area contributed by atoms with Crippen molar-refractivity contribution in [3.05, 3.63) is 23.7 Å². The van der Waals surface area contributed by atoms with Crippen molar-refractivity contribution in [3.63, 3.8) is 0 Å². The highest BCUT2D eigenvalue weighted by Gasteiger charge is 2.13. The molecule has 0 spiro atoms. The predicted octanol–water partition coefficient (Wildman–Crippen LogP) is 2.22. The number of rotatable bonds is 4. The first kappa shape index (κ1) is 14.1. The molecule has 5 heteroatoms. The van der Waals surface area contributed by atoms with Crippen LogP contribution in [0.1, 0.15) is 48.4 Å². The van der Waals surface area contributed by atoms with Gasteiger partial charge in [0.1, 0.15) is 5.76 Å². The molecule has 96 valence electrons. The van der Waals surface area contributed by atoms with E-state index in [1.165, 1.54) is 32.1 Å². The van der Waals surface area contributed by atoms with E-state index in [0.29, 0.717) is 12.6 Å². The molecule has 4 nitrogen and oxygen atoms in total. The Bertz CT molecular complexity index is 359. The minimum absolute atomic E-state index is 0. The van der Waals surface area contributed by atoms with Crippen LogP contribution in [-0.4, -0.2) is 11.9 Å². The van der Waals surface area contributed by atoms with Gasteiger partial charge < -0.3 is 15.5 Å². The van der Waals surface area contributed by atoms with E-state index in [9.17, 15) is 4.79 Å². The van der Waals surface area contributed by atoms with Crippen LogP contribution in [0.25, 0.3) is 0 Å². The van der Waals surface area contributed by atoms with Crippen LogP contribution in [0.15, 0.2) is 16.5 Å². The number of hydrogen-bond donors (Lipinski definition) is 2. The number of furan rings is 1. The predicted molar refractivity (Wildman–Crippen MR) is 68.2 cm³/mol. The summed E-state index contributed by atoms with van der Waals surface area (Å²) in [4.78, 5) is 10.8. The van der Waals surface area contributed by atoms with Crippen LogP contribution in [-0.2, 0) is 6.54 Å². The minimum atomic E-state index is -0.510. The van der Waals surface area contributed by atoms with Crippen LogP contribution >= 0.6 is 12.4 Å². The maximum Gasteiger partial charge on any atom is 0.284 e. The Morgan fingerprint density at radius 3 is 2.65 bits per heavy atom. The zero-order chi connectivity index (χ0) is 11.4. The maximum atomic E-state index is 10.8. The third-order valence-electron chi connectivity index (χ3n) is 3.07. The Kier molecular flexibility index (Phi) is 5.51. The average Bonchev–Trinajstić information content (AvgIpc) is 2.76. The quantitative estimate of drug-likeness (QED) is 0.870. The number of halogens is 1. The van der Waals surface area contributed by atoms with Crippen molar-refractivity contribution < 1.29 is 9.21 Å². The van der Waals surface area contributed by atoms with Crippen molar-refractivity contribution in [1.29, 1.82) is 0 Å². The Morgan fingerprint density at radius 1 is 1.35 bits per heavy atom. The second-order valence-electron chi connectivity index (χ2n) is 4.35. The summed E-state index contributed by atoms with van der Waals surface area (Å²) in [5, 5.41) is 3.44. The topological polar surface area (TPSA) is 68.3 Å². The third kappa shape index (κ3) is 4.06. The summed E-state index contributed by atoms with van der Waals surface area (Å²) in [7, 11) is 0. The highest BCUT2D eigenvalue weighted by molar-refractivity contribution is 5.89. The number of nitrogens with one attached hydrogen (secondary N) is 1. The molecule has 0 aliphatic heterocycles. The van der Waals surface area contributed by atoms with Gasteiger partial charge in [-0.25, -0.2) is 0 Å². The van der Waals surface area contributed by atoms with Crippen molar-refractivity contribution in [2.45, 2.75) is 44.7 Å². The van der Waals surface area contributed by atoms with E-state index < -0.39 is 5.91 Å². The number of carbonyl (C=O) groups excluding carboxylic acids is 1. The van der Waals surface area contributed by atoms with Gasteiger partial charge in [-0.3, -0.25) is 4.79 Å². The van der Waals surface area contributed by atoms with Gasteiger partial charge in [-0.2, -0.15) is 0 Å². The van der Waals surface area contributed by atoms with E-state index >= 15 is 0 Å². The smallest absolute Gasteiger partial charge is 0.284 e. The highest BCUT2D eigenvalue weighted by atomic mass is 35.5. The summed E-state index contributed by atoms with van der Waals surface area (Å²) in [6, 6.07) is 4.02. The molecule has 0 unspecified atom stereocenters. The summed E-state index contributed by atoms with van der Waals surface area (Å²) >= 11 is 0. The van der Waals surface area contributed by atoms with Crippen LogP contribution in [0.3, 0.4) is 0 Å². The van der Waals surface area contributed by atoms with Crippen molar-refractivity contribution >= 4 is 18.3 Å². The van der Waals surface area contributed by atoms with Crippen molar-refractivity contribution in [3.8, 4) is 0 Å². The number of primary amides is 1. The molecule has 0 aromatic carbocycles. The standard InChI is InChI=1S/C12H18N2O2.ClH/c13-12(15)11-7-6-10(16-11)8-14-9-4-2-1-3-5-9;/h6-7,9,14H,1-5,8H2,(H2,13,15);1H. The summed E-state index contributed by atoms with van der Waals surface area (Å²) < 4.78 is 5.30. The molecular formula is C12H19ClN2O2. The molecule has 1 aromatic heterocycles. The monoisotopic (exact) mass is 258 g/mol. The first-order valence-electron chi connectivity index (χ1n) is 5.87. The van der Waals surface area contributed by atoms with E-state index in [4.69, 9.17) is 10.2 Å². The second kappa shape index (κ2) is 6.67. The molecule has 1 saturated carbocycles. The lowest BCUT2D eigenvalue weighted by Crippen LogP contribution is -2.30. The van der Waals surface area contributed by atoms with Gasteiger partial charge in [-0.05, 0) is 25.0 Å². The highest BCUT2D eigenvalue weighted by Crippen LogP contribution is 2.18. The second-order valence-corrected chi connectivity index (χ2v) is 4.35. The molecule has 0 saturated heterocycles. The van der Waals surface area contributed by atoms with Gasteiger partial charge in [-0.1, -0.05) is 19.3 Å². The van der Waals surface area contributed by atoms with Gasteiger partial charge in [0.15, 0.2) is 5.76 Å². The molecule has 1 fully saturated rings. The van der Waals surface area contributed by atoms with Gasteiger partial charge in [0.25, 0.3) is 5.91 Å². The summed E-state index contributed by atoms with van der Waals surface area (Å²) in [6.45, 7) is 0.679.